The van der Waals surface area contributed by atoms with Crippen molar-refractivity contribution in [1.82, 2.24) is 4.90 Å². The highest BCUT2D eigenvalue weighted by Gasteiger charge is 2.26. The van der Waals surface area contributed by atoms with Crippen LogP contribution in [0.1, 0.15) is 37.4 Å². The van der Waals surface area contributed by atoms with Gasteiger partial charge in [0.2, 0.25) is 0 Å². The highest BCUT2D eigenvalue weighted by Crippen LogP contribution is 2.26. The summed E-state index contributed by atoms with van der Waals surface area (Å²) in [6.07, 6.45) is 1.37. The second kappa shape index (κ2) is 6.51. The molecule has 2 N–H and O–H groups in total. The Hall–Kier alpha value is -0.900. The zero-order valence-electron chi connectivity index (χ0n) is 12.3. The van der Waals surface area contributed by atoms with Gasteiger partial charge in [-0.1, -0.05) is 29.8 Å². The van der Waals surface area contributed by atoms with E-state index >= 15 is 0 Å². The van der Waals surface area contributed by atoms with Gasteiger partial charge >= 0.3 is 0 Å². The molecule has 1 heterocycles. The molecular formula is C16H26N2O. The highest BCUT2D eigenvalue weighted by atomic mass is 16.5. The number of hydrogen-bond donors (Lipinski definition) is 1. The lowest BCUT2D eigenvalue weighted by atomic mass is 9.97. The van der Waals surface area contributed by atoms with Crippen LogP contribution in [-0.2, 0) is 4.74 Å². The Kier molecular flexibility index (Phi) is 4.97. The quantitative estimate of drug-likeness (QED) is 0.909. The molecule has 0 bridgehead atoms. The maximum atomic E-state index is 6.25. The van der Waals surface area contributed by atoms with Gasteiger partial charge in [-0.3, -0.25) is 4.90 Å². The lowest BCUT2D eigenvalue weighted by molar-refractivity contribution is 0.0583. The van der Waals surface area contributed by atoms with E-state index in [2.05, 4.69) is 49.9 Å². The lowest BCUT2D eigenvalue weighted by Crippen LogP contribution is -2.42. The second-order valence-corrected chi connectivity index (χ2v) is 5.74. The molecule has 1 saturated heterocycles. The van der Waals surface area contributed by atoms with Crippen molar-refractivity contribution in [3.63, 3.8) is 0 Å². The van der Waals surface area contributed by atoms with Crippen LogP contribution in [0.4, 0.5) is 0 Å². The summed E-state index contributed by atoms with van der Waals surface area (Å²) in [5.41, 5.74) is 8.86. The van der Waals surface area contributed by atoms with E-state index in [1.54, 1.807) is 0 Å². The minimum absolute atomic E-state index is 0.119. The largest absolute Gasteiger partial charge is 0.377 e. The van der Waals surface area contributed by atoms with Crippen molar-refractivity contribution in [3.8, 4) is 0 Å². The first-order chi connectivity index (χ1) is 9.08. The molecule has 3 unspecified atom stereocenters. The predicted molar refractivity (Wildman–Crippen MR) is 79.2 cm³/mol. The van der Waals surface area contributed by atoms with Crippen molar-refractivity contribution in [2.45, 2.75) is 45.4 Å². The molecule has 1 aromatic carbocycles. The molecule has 2 rings (SSSR count). The number of benzene rings is 1. The van der Waals surface area contributed by atoms with Crippen LogP contribution in [0.25, 0.3) is 0 Å². The normalized spacial score (nSPS) is 24.7. The summed E-state index contributed by atoms with van der Waals surface area (Å²) in [4.78, 5) is 2.48. The first-order valence-corrected chi connectivity index (χ1v) is 7.25. The van der Waals surface area contributed by atoms with Crippen molar-refractivity contribution in [1.29, 1.82) is 0 Å². The number of aryl methyl sites for hydroxylation is 1. The maximum absolute atomic E-state index is 6.25. The summed E-state index contributed by atoms with van der Waals surface area (Å²) < 4.78 is 5.74. The molecule has 3 nitrogen and oxygen atoms in total. The Labute approximate surface area is 116 Å². The Bertz CT molecular complexity index is 388. The first kappa shape index (κ1) is 14.5. The molecule has 1 fully saturated rings. The van der Waals surface area contributed by atoms with Crippen LogP contribution in [0.3, 0.4) is 0 Å². The second-order valence-electron chi connectivity index (χ2n) is 5.74. The van der Waals surface area contributed by atoms with Crippen LogP contribution in [0.15, 0.2) is 24.3 Å². The van der Waals surface area contributed by atoms with Crippen molar-refractivity contribution in [2.24, 2.45) is 5.73 Å². The Morgan fingerprint density at radius 2 is 2.00 bits per heavy atom. The maximum Gasteiger partial charge on any atom is 0.0674 e. The molecule has 1 aromatic rings. The van der Waals surface area contributed by atoms with Crippen LogP contribution in [0, 0.1) is 6.92 Å². The molecule has 0 saturated carbocycles. The van der Waals surface area contributed by atoms with Gasteiger partial charge in [0.25, 0.3) is 0 Å². The predicted octanol–water partition coefficient (Wildman–Crippen LogP) is 2.49. The topological polar surface area (TPSA) is 38.5 Å². The molecule has 0 aromatic heterocycles. The molecule has 19 heavy (non-hydrogen) atoms. The number of ether oxygens (including phenoxy) is 1. The summed E-state index contributed by atoms with van der Waals surface area (Å²) in [7, 11) is 0. The number of nitrogens with zero attached hydrogens (tertiary/aromatic N) is 1. The summed E-state index contributed by atoms with van der Waals surface area (Å²) in [5.74, 6) is 0. The van der Waals surface area contributed by atoms with Crippen molar-refractivity contribution < 1.29 is 4.74 Å². The standard InChI is InChI=1S/C16H26N2O/c1-12-5-7-15(8-6-12)16(14(3)17)18-9-4-10-19-13(2)11-18/h5-8,13-14,16H,4,9-11,17H2,1-3H3. The van der Waals surface area contributed by atoms with Crippen LogP contribution in [-0.4, -0.2) is 36.7 Å². The van der Waals surface area contributed by atoms with E-state index in [-0.39, 0.29) is 18.2 Å². The van der Waals surface area contributed by atoms with E-state index in [1.807, 2.05) is 0 Å². The summed E-state index contributed by atoms with van der Waals surface area (Å²) >= 11 is 0. The molecule has 106 valence electrons. The molecule has 0 spiro atoms. The summed E-state index contributed by atoms with van der Waals surface area (Å²) in [6, 6.07) is 9.16. The molecule has 0 amide bonds. The van der Waals surface area contributed by atoms with Crippen molar-refractivity contribution in [2.75, 3.05) is 19.7 Å². The molecule has 1 aliphatic heterocycles. The molecule has 3 atom stereocenters. The van der Waals surface area contributed by atoms with Crippen molar-refractivity contribution >= 4 is 0 Å². The van der Waals surface area contributed by atoms with E-state index in [9.17, 15) is 0 Å². The van der Waals surface area contributed by atoms with E-state index in [1.165, 1.54) is 11.1 Å². The average molecular weight is 262 g/mol. The number of rotatable bonds is 3. The van der Waals surface area contributed by atoms with Gasteiger partial charge in [-0.2, -0.15) is 0 Å². The summed E-state index contributed by atoms with van der Waals surface area (Å²) in [6.45, 7) is 9.24. The molecule has 0 radical (unpaired) electrons. The van der Waals surface area contributed by atoms with Gasteiger partial charge in [0.15, 0.2) is 0 Å². The van der Waals surface area contributed by atoms with E-state index in [4.69, 9.17) is 10.5 Å². The smallest absolute Gasteiger partial charge is 0.0674 e. The van der Waals surface area contributed by atoms with E-state index in [0.29, 0.717) is 0 Å². The Morgan fingerprint density at radius 1 is 1.32 bits per heavy atom. The van der Waals surface area contributed by atoms with Crippen LogP contribution < -0.4 is 5.73 Å². The lowest BCUT2D eigenvalue weighted by Gasteiger charge is -2.34. The third-order valence-electron chi connectivity index (χ3n) is 3.79. The molecule has 1 aliphatic rings. The van der Waals surface area contributed by atoms with Crippen LogP contribution in [0.2, 0.25) is 0 Å². The zero-order valence-corrected chi connectivity index (χ0v) is 12.3. The Balaban J connectivity index is 2.21. The minimum atomic E-state index is 0.119. The molecular weight excluding hydrogens is 236 g/mol. The Morgan fingerprint density at radius 3 is 2.63 bits per heavy atom. The third-order valence-corrected chi connectivity index (χ3v) is 3.79. The van der Waals surface area contributed by atoms with Gasteiger partial charge in [-0.25, -0.2) is 0 Å². The SMILES string of the molecule is Cc1ccc(C(C(C)N)N2CCCOC(C)C2)cc1. The highest BCUT2D eigenvalue weighted by molar-refractivity contribution is 5.25. The third kappa shape index (κ3) is 3.78. The van der Waals surface area contributed by atoms with E-state index in [0.717, 1.165) is 26.1 Å². The zero-order chi connectivity index (χ0) is 13.8. The van der Waals surface area contributed by atoms with Gasteiger partial charge in [0, 0.05) is 31.8 Å². The molecule has 0 aliphatic carbocycles. The van der Waals surface area contributed by atoms with E-state index < -0.39 is 0 Å². The van der Waals surface area contributed by atoms with Crippen molar-refractivity contribution in [3.05, 3.63) is 35.4 Å². The first-order valence-electron chi connectivity index (χ1n) is 7.25. The van der Waals surface area contributed by atoms with Crippen LogP contribution in [0.5, 0.6) is 0 Å². The van der Waals surface area contributed by atoms with Gasteiger partial charge < -0.3 is 10.5 Å². The van der Waals surface area contributed by atoms with Gasteiger partial charge in [0.05, 0.1) is 6.10 Å². The average Bonchev–Trinajstić information content (AvgIpc) is 2.56. The van der Waals surface area contributed by atoms with Gasteiger partial charge in [-0.15, -0.1) is 0 Å². The fourth-order valence-electron chi connectivity index (χ4n) is 2.89. The fraction of sp³-hybridized carbons (Fsp3) is 0.625. The number of hydrogen-bond acceptors (Lipinski definition) is 3. The fourth-order valence-corrected chi connectivity index (χ4v) is 2.89. The van der Waals surface area contributed by atoms with Gasteiger partial charge in [-0.05, 0) is 32.8 Å². The molecule has 3 heteroatoms. The number of nitrogens with two attached hydrogens (primary N) is 1. The minimum Gasteiger partial charge on any atom is -0.377 e. The summed E-state index contributed by atoms with van der Waals surface area (Å²) in [5, 5.41) is 0. The van der Waals surface area contributed by atoms with Crippen LogP contribution >= 0.6 is 0 Å². The van der Waals surface area contributed by atoms with Gasteiger partial charge in [0.1, 0.15) is 0 Å². The monoisotopic (exact) mass is 262 g/mol.